The van der Waals surface area contributed by atoms with E-state index in [0.29, 0.717) is 15.7 Å². The second-order valence-electron chi connectivity index (χ2n) is 5.18. The van der Waals surface area contributed by atoms with Crippen molar-refractivity contribution in [3.05, 3.63) is 27.7 Å². The third-order valence-corrected chi connectivity index (χ3v) is 4.37. The topological polar surface area (TPSA) is 55.1 Å². The molecule has 1 fully saturated rings. The number of carbonyl (C=O) groups excluding carboxylic acids is 1. The molecule has 1 amide bonds. The summed E-state index contributed by atoms with van der Waals surface area (Å²) in [7, 11) is 0. The number of hydrogen-bond acceptors (Lipinski definition) is 2. The minimum atomic E-state index is 0.00807. The van der Waals surface area contributed by atoms with Crippen LogP contribution < -0.4 is 11.1 Å². The van der Waals surface area contributed by atoms with Gasteiger partial charge in [-0.05, 0) is 50.3 Å². The zero-order chi connectivity index (χ0) is 14.0. The summed E-state index contributed by atoms with van der Waals surface area (Å²) in [5.74, 6) is 0.0321. The molecule has 1 aliphatic carbocycles. The third kappa shape index (κ3) is 3.62. The Hall–Kier alpha value is -0.770. The number of benzene rings is 1. The molecule has 0 bridgehead atoms. The molecule has 0 radical (unpaired) electrons. The largest absolute Gasteiger partial charge is 0.328 e. The zero-order valence-corrected chi connectivity index (χ0v) is 12.4. The van der Waals surface area contributed by atoms with E-state index in [-0.39, 0.29) is 17.9 Å². The highest BCUT2D eigenvalue weighted by molar-refractivity contribution is 6.36. The van der Waals surface area contributed by atoms with Gasteiger partial charge >= 0.3 is 0 Å². The number of halogens is 2. The molecule has 0 unspecified atom stereocenters. The second-order valence-corrected chi connectivity index (χ2v) is 6.00. The molecular formula is C14H18Cl2N2O. The predicted octanol–water partition coefficient (Wildman–Crippen LogP) is 3.76. The van der Waals surface area contributed by atoms with Crippen LogP contribution in [0.25, 0.3) is 0 Å². The van der Waals surface area contributed by atoms with Crippen molar-refractivity contribution in [1.82, 2.24) is 0 Å². The number of nitrogens with one attached hydrogen (secondary N) is 1. The highest BCUT2D eigenvalue weighted by Gasteiger charge is 2.25. The van der Waals surface area contributed by atoms with Crippen molar-refractivity contribution in [3.63, 3.8) is 0 Å². The van der Waals surface area contributed by atoms with Gasteiger partial charge in [0.2, 0.25) is 5.91 Å². The van der Waals surface area contributed by atoms with E-state index in [2.05, 4.69) is 5.32 Å². The molecule has 0 spiro atoms. The quantitative estimate of drug-likeness (QED) is 0.874. The average molecular weight is 301 g/mol. The Morgan fingerprint density at radius 1 is 1.21 bits per heavy atom. The first-order valence-electron chi connectivity index (χ1n) is 6.49. The van der Waals surface area contributed by atoms with Crippen LogP contribution in [-0.2, 0) is 4.79 Å². The maximum Gasteiger partial charge on any atom is 0.227 e. The zero-order valence-electron chi connectivity index (χ0n) is 10.9. The van der Waals surface area contributed by atoms with Crippen molar-refractivity contribution in [2.75, 3.05) is 5.32 Å². The lowest BCUT2D eigenvalue weighted by Crippen LogP contribution is -2.32. The molecule has 0 heterocycles. The first kappa shape index (κ1) is 14.6. The predicted molar refractivity (Wildman–Crippen MR) is 79.8 cm³/mol. The number of rotatable bonds is 2. The molecule has 1 aliphatic rings. The SMILES string of the molecule is Cc1cc(Cl)c(NC(=O)C2CCC(N)CC2)cc1Cl. The van der Waals surface area contributed by atoms with Gasteiger partial charge in [-0.3, -0.25) is 4.79 Å². The van der Waals surface area contributed by atoms with E-state index in [0.717, 1.165) is 31.2 Å². The summed E-state index contributed by atoms with van der Waals surface area (Å²) in [5, 5.41) is 3.99. The highest BCUT2D eigenvalue weighted by atomic mass is 35.5. The maximum absolute atomic E-state index is 12.2. The molecule has 3 N–H and O–H groups in total. The van der Waals surface area contributed by atoms with E-state index < -0.39 is 0 Å². The molecule has 5 heteroatoms. The molecule has 0 atom stereocenters. The first-order valence-corrected chi connectivity index (χ1v) is 7.25. The fourth-order valence-corrected chi connectivity index (χ4v) is 2.79. The summed E-state index contributed by atoms with van der Waals surface area (Å²) >= 11 is 12.2. The van der Waals surface area contributed by atoms with Crippen molar-refractivity contribution in [2.24, 2.45) is 11.7 Å². The van der Waals surface area contributed by atoms with Crippen LogP contribution >= 0.6 is 23.2 Å². The van der Waals surface area contributed by atoms with Crippen molar-refractivity contribution in [3.8, 4) is 0 Å². The van der Waals surface area contributed by atoms with Crippen LogP contribution in [0, 0.1) is 12.8 Å². The van der Waals surface area contributed by atoms with Crippen LogP contribution in [0.4, 0.5) is 5.69 Å². The Balaban J connectivity index is 2.05. The van der Waals surface area contributed by atoms with E-state index in [9.17, 15) is 4.79 Å². The van der Waals surface area contributed by atoms with Gasteiger partial charge in [0.1, 0.15) is 0 Å². The van der Waals surface area contributed by atoms with Gasteiger partial charge in [0.25, 0.3) is 0 Å². The van der Waals surface area contributed by atoms with E-state index in [1.165, 1.54) is 0 Å². The van der Waals surface area contributed by atoms with Gasteiger partial charge in [-0.1, -0.05) is 23.2 Å². The number of anilines is 1. The molecule has 1 aromatic rings. The molecule has 1 aromatic carbocycles. The summed E-state index contributed by atoms with van der Waals surface area (Å²) in [5.41, 5.74) is 7.32. The second kappa shape index (κ2) is 6.12. The maximum atomic E-state index is 12.2. The number of aryl methyl sites for hydroxylation is 1. The van der Waals surface area contributed by atoms with E-state index in [1.54, 1.807) is 12.1 Å². The molecular weight excluding hydrogens is 283 g/mol. The molecule has 1 saturated carbocycles. The molecule has 104 valence electrons. The number of carbonyl (C=O) groups is 1. The molecule has 0 aromatic heterocycles. The van der Waals surface area contributed by atoms with Crippen LogP contribution in [0.2, 0.25) is 10.0 Å². The Bertz CT molecular complexity index is 483. The lowest BCUT2D eigenvalue weighted by molar-refractivity contribution is -0.120. The van der Waals surface area contributed by atoms with Crippen molar-refractivity contribution in [2.45, 2.75) is 38.6 Å². The number of amides is 1. The summed E-state index contributed by atoms with van der Waals surface area (Å²) in [6.45, 7) is 1.88. The van der Waals surface area contributed by atoms with Gasteiger partial charge in [-0.15, -0.1) is 0 Å². The van der Waals surface area contributed by atoms with E-state index >= 15 is 0 Å². The lowest BCUT2D eigenvalue weighted by atomic mass is 9.86. The van der Waals surface area contributed by atoms with Crippen LogP contribution in [0.15, 0.2) is 12.1 Å². The Morgan fingerprint density at radius 3 is 2.47 bits per heavy atom. The van der Waals surface area contributed by atoms with Crippen LogP contribution in [-0.4, -0.2) is 11.9 Å². The Labute approximate surface area is 123 Å². The minimum Gasteiger partial charge on any atom is -0.328 e. The van der Waals surface area contributed by atoms with Crippen molar-refractivity contribution >= 4 is 34.8 Å². The standard InChI is InChI=1S/C14H18Cl2N2O/c1-8-6-12(16)13(7-11(8)15)18-14(19)9-2-4-10(17)5-3-9/h6-7,9-10H,2-5,17H2,1H3,(H,18,19). The number of nitrogens with two attached hydrogens (primary N) is 1. The normalized spacial score (nSPS) is 23.2. The van der Waals surface area contributed by atoms with Crippen LogP contribution in [0.3, 0.4) is 0 Å². The van der Waals surface area contributed by atoms with E-state index in [1.807, 2.05) is 6.92 Å². The lowest BCUT2D eigenvalue weighted by Gasteiger charge is -2.25. The Morgan fingerprint density at radius 2 is 1.84 bits per heavy atom. The molecule has 0 aliphatic heterocycles. The monoisotopic (exact) mass is 300 g/mol. The smallest absolute Gasteiger partial charge is 0.227 e. The summed E-state index contributed by atoms with van der Waals surface area (Å²) < 4.78 is 0. The highest BCUT2D eigenvalue weighted by Crippen LogP contribution is 2.30. The molecule has 0 saturated heterocycles. The first-order chi connectivity index (χ1) is 8.97. The third-order valence-electron chi connectivity index (χ3n) is 3.65. The van der Waals surface area contributed by atoms with Gasteiger partial charge in [0, 0.05) is 17.0 Å². The fraction of sp³-hybridized carbons (Fsp3) is 0.500. The van der Waals surface area contributed by atoms with Gasteiger partial charge in [-0.25, -0.2) is 0 Å². The van der Waals surface area contributed by atoms with E-state index in [4.69, 9.17) is 28.9 Å². The fourth-order valence-electron chi connectivity index (χ4n) is 2.36. The summed E-state index contributed by atoms with van der Waals surface area (Å²) in [4.78, 5) is 12.2. The van der Waals surface area contributed by atoms with Crippen LogP contribution in [0.5, 0.6) is 0 Å². The van der Waals surface area contributed by atoms with Crippen molar-refractivity contribution in [1.29, 1.82) is 0 Å². The number of hydrogen-bond donors (Lipinski definition) is 2. The van der Waals surface area contributed by atoms with Gasteiger partial charge < -0.3 is 11.1 Å². The summed E-state index contributed by atoms with van der Waals surface area (Å²) in [6, 6.07) is 3.70. The van der Waals surface area contributed by atoms with Crippen molar-refractivity contribution < 1.29 is 4.79 Å². The Kier molecular flexibility index (Phi) is 4.71. The van der Waals surface area contributed by atoms with Gasteiger partial charge in [0.15, 0.2) is 0 Å². The van der Waals surface area contributed by atoms with Gasteiger partial charge in [0.05, 0.1) is 10.7 Å². The molecule has 2 rings (SSSR count). The van der Waals surface area contributed by atoms with Crippen LogP contribution in [0.1, 0.15) is 31.2 Å². The van der Waals surface area contributed by atoms with Gasteiger partial charge in [-0.2, -0.15) is 0 Å². The molecule has 19 heavy (non-hydrogen) atoms. The summed E-state index contributed by atoms with van der Waals surface area (Å²) in [6.07, 6.45) is 3.48. The minimum absolute atomic E-state index is 0.00807. The average Bonchev–Trinajstić information content (AvgIpc) is 2.36. The molecule has 3 nitrogen and oxygen atoms in total.